The number of benzene rings is 1. The summed E-state index contributed by atoms with van der Waals surface area (Å²) in [4.78, 5) is 23.2. The third-order valence-corrected chi connectivity index (χ3v) is 3.32. The number of rotatable bonds is 6. The Kier molecular flexibility index (Phi) is 6.21. The number of carboxylic acids is 1. The zero-order valence-corrected chi connectivity index (χ0v) is 11.8. The van der Waals surface area contributed by atoms with E-state index in [1.165, 1.54) is 0 Å². The monoisotopic (exact) mass is 282 g/mol. The molecule has 0 aromatic heterocycles. The quantitative estimate of drug-likeness (QED) is 0.701. The van der Waals surface area contributed by atoms with Crippen LogP contribution in [-0.4, -0.2) is 29.4 Å². The van der Waals surface area contributed by atoms with Gasteiger partial charge in [-0.25, -0.2) is 4.79 Å². The SMILES string of the molecule is CSc1ccccc1NC(=O)NC(C)CCC(=O)O. The van der Waals surface area contributed by atoms with Crippen molar-refractivity contribution in [3.8, 4) is 0 Å². The van der Waals surface area contributed by atoms with Crippen molar-refractivity contribution in [2.24, 2.45) is 0 Å². The molecule has 1 unspecified atom stereocenters. The number of nitrogens with one attached hydrogen (secondary N) is 2. The molecular weight excluding hydrogens is 264 g/mol. The Labute approximate surface area is 116 Å². The number of carbonyl (C=O) groups is 2. The average Bonchev–Trinajstić information content (AvgIpc) is 2.37. The second-order valence-corrected chi connectivity index (χ2v) is 4.98. The minimum atomic E-state index is -0.859. The largest absolute Gasteiger partial charge is 0.481 e. The Morgan fingerprint density at radius 1 is 1.37 bits per heavy atom. The smallest absolute Gasteiger partial charge is 0.319 e. The summed E-state index contributed by atoms with van der Waals surface area (Å²) in [7, 11) is 0. The molecule has 104 valence electrons. The van der Waals surface area contributed by atoms with Crippen molar-refractivity contribution in [1.82, 2.24) is 5.32 Å². The van der Waals surface area contributed by atoms with E-state index in [9.17, 15) is 9.59 Å². The van der Waals surface area contributed by atoms with Gasteiger partial charge in [0.05, 0.1) is 5.69 Å². The van der Waals surface area contributed by atoms with Gasteiger partial charge in [0.25, 0.3) is 0 Å². The van der Waals surface area contributed by atoms with E-state index in [1.807, 2.05) is 30.5 Å². The predicted octanol–water partition coefficient (Wildman–Crippen LogP) is 2.78. The number of para-hydroxylation sites is 1. The van der Waals surface area contributed by atoms with Crippen LogP contribution < -0.4 is 10.6 Å². The molecular formula is C13H18N2O3S. The molecule has 0 heterocycles. The highest BCUT2D eigenvalue weighted by molar-refractivity contribution is 7.98. The van der Waals surface area contributed by atoms with Crippen LogP contribution in [0.2, 0.25) is 0 Å². The molecule has 0 aliphatic heterocycles. The van der Waals surface area contributed by atoms with Crippen molar-refractivity contribution < 1.29 is 14.7 Å². The molecule has 1 rings (SSSR count). The van der Waals surface area contributed by atoms with Crippen LogP contribution in [0.3, 0.4) is 0 Å². The Bertz CT molecular complexity index is 451. The van der Waals surface area contributed by atoms with Gasteiger partial charge >= 0.3 is 12.0 Å². The number of carboxylic acid groups (broad SMARTS) is 1. The van der Waals surface area contributed by atoms with Crippen LogP contribution >= 0.6 is 11.8 Å². The molecule has 0 saturated heterocycles. The molecule has 0 radical (unpaired) electrons. The maximum atomic E-state index is 11.8. The summed E-state index contributed by atoms with van der Waals surface area (Å²) in [6.45, 7) is 1.78. The Balaban J connectivity index is 2.48. The van der Waals surface area contributed by atoms with E-state index in [1.54, 1.807) is 18.7 Å². The molecule has 0 saturated carbocycles. The van der Waals surface area contributed by atoms with Gasteiger partial charge in [-0.1, -0.05) is 12.1 Å². The fourth-order valence-corrected chi connectivity index (χ4v) is 2.10. The molecule has 6 heteroatoms. The van der Waals surface area contributed by atoms with Crippen LogP contribution in [0.1, 0.15) is 19.8 Å². The summed E-state index contributed by atoms with van der Waals surface area (Å²) in [5, 5.41) is 14.0. The van der Waals surface area contributed by atoms with E-state index in [0.717, 1.165) is 10.6 Å². The number of anilines is 1. The number of carbonyl (C=O) groups excluding carboxylic acids is 1. The van der Waals surface area contributed by atoms with Crippen LogP contribution in [0, 0.1) is 0 Å². The second-order valence-electron chi connectivity index (χ2n) is 4.13. The van der Waals surface area contributed by atoms with Gasteiger partial charge in [-0.2, -0.15) is 0 Å². The number of hydrogen-bond acceptors (Lipinski definition) is 3. The normalized spacial score (nSPS) is 11.7. The number of thioether (sulfide) groups is 1. The van der Waals surface area contributed by atoms with Crippen molar-refractivity contribution in [2.45, 2.75) is 30.7 Å². The number of hydrogen-bond donors (Lipinski definition) is 3. The fourth-order valence-electron chi connectivity index (χ4n) is 1.54. The van der Waals surface area contributed by atoms with Crippen molar-refractivity contribution in [1.29, 1.82) is 0 Å². The molecule has 0 spiro atoms. The molecule has 19 heavy (non-hydrogen) atoms. The fraction of sp³-hybridized carbons (Fsp3) is 0.385. The highest BCUT2D eigenvalue weighted by atomic mass is 32.2. The lowest BCUT2D eigenvalue weighted by molar-refractivity contribution is -0.137. The van der Waals surface area contributed by atoms with Crippen LogP contribution in [0.4, 0.5) is 10.5 Å². The molecule has 2 amide bonds. The average molecular weight is 282 g/mol. The third-order valence-electron chi connectivity index (χ3n) is 2.52. The zero-order valence-electron chi connectivity index (χ0n) is 11.0. The maximum absolute atomic E-state index is 11.8. The first-order valence-corrected chi connectivity index (χ1v) is 7.17. The van der Waals surface area contributed by atoms with Crippen molar-refractivity contribution in [3.63, 3.8) is 0 Å². The van der Waals surface area contributed by atoms with Crippen molar-refractivity contribution in [3.05, 3.63) is 24.3 Å². The number of urea groups is 1. The molecule has 0 bridgehead atoms. The van der Waals surface area contributed by atoms with Gasteiger partial charge in [-0.3, -0.25) is 4.79 Å². The number of amides is 2. The number of aliphatic carboxylic acids is 1. The van der Waals surface area contributed by atoms with E-state index in [4.69, 9.17) is 5.11 Å². The molecule has 1 aromatic rings. The molecule has 0 fully saturated rings. The van der Waals surface area contributed by atoms with Crippen LogP contribution in [0.5, 0.6) is 0 Å². The van der Waals surface area contributed by atoms with Crippen molar-refractivity contribution in [2.75, 3.05) is 11.6 Å². The molecule has 5 nitrogen and oxygen atoms in total. The molecule has 0 aliphatic carbocycles. The highest BCUT2D eigenvalue weighted by Crippen LogP contribution is 2.24. The molecule has 3 N–H and O–H groups in total. The lowest BCUT2D eigenvalue weighted by Gasteiger charge is -2.15. The summed E-state index contributed by atoms with van der Waals surface area (Å²) in [6.07, 6.45) is 2.39. The minimum absolute atomic E-state index is 0.0445. The van der Waals surface area contributed by atoms with E-state index in [0.29, 0.717) is 6.42 Å². The Hall–Kier alpha value is -1.69. The molecule has 1 atom stereocenters. The van der Waals surface area contributed by atoms with Gasteiger partial charge in [-0.15, -0.1) is 11.8 Å². The molecule has 0 aliphatic rings. The second kappa shape index (κ2) is 7.68. The van der Waals surface area contributed by atoms with Gasteiger partial charge in [0, 0.05) is 17.4 Å². The molecule has 1 aromatic carbocycles. The first-order valence-electron chi connectivity index (χ1n) is 5.95. The van der Waals surface area contributed by atoms with Gasteiger partial charge < -0.3 is 15.7 Å². The summed E-state index contributed by atoms with van der Waals surface area (Å²) in [5.41, 5.74) is 0.748. The lowest BCUT2D eigenvalue weighted by Crippen LogP contribution is -2.36. The van der Waals surface area contributed by atoms with Crippen LogP contribution in [-0.2, 0) is 4.79 Å². The van der Waals surface area contributed by atoms with Crippen molar-refractivity contribution >= 4 is 29.4 Å². The van der Waals surface area contributed by atoms with E-state index < -0.39 is 5.97 Å². The topological polar surface area (TPSA) is 78.4 Å². The summed E-state index contributed by atoms with van der Waals surface area (Å²) in [6, 6.07) is 7.01. The maximum Gasteiger partial charge on any atom is 0.319 e. The summed E-state index contributed by atoms with van der Waals surface area (Å²) >= 11 is 1.55. The summed E-state index contributed by atoms with van der Waals surface area (Å²) < 4.78 is 0. The van der Waals surface area contributed by atoms with Gasteiger partial charge in [-0.05, 0) is 31.7 Å². The first-order chi connectivity index (χ1) is 9.02. The predicted molar refractivity (Wildman–Crippen MR) is 76.7 cm³/mol. The Morgan fingerprint density at radius 2 is 2.05 bits per heavy atom. The third kappa shape index (κ3) is 5.65. The van der Waals surface area contributed by atoms with Crippen LogP contribution in [0.25, 0.3) is 0 Å². The van der Waals surface area contributed by atoms with E-state index in [2.05, 4.69) is 10.6 Å². The first kappa shape index (κ1) is 15.4. The minimum Gasteiger partial charge on any atom is -0.481 e. The van der Waals surface area contributed by atoms with Crippen LogP contribution in [0.15, 0.2) is 29.2 Å². The zero-order chi connectivity index (χ0) is 14.3. The standard InChI is InChI=1S/C13H18N2O3S/c1-9(7-8-12(16)17)14-13(18)15-10-5-3-4-6-11(10)19-2/h3-6,9H,7-8H2,1-2H3,(H,16,17)(H2,14,15,18). The summed E-state index contributed by atoms with van der Waals surface area (Å²) in [5.74, 6) is -0.859. The van der Waals surface area contributed by atoms with Gasteiger partial charge in [0.15, 0.2) is 0 Å². The van der Waals surface area contributed by atoms with Gasteiger partial charge in [0.2, 0.25) is 0 Å². The van der Waals surface area contributed by atoms with E-state index >= 15 is 0 Å². The van der Waals surface area contributed by atoms with E-state index in [-0.39, 0.29) is 18.5 Å². The highest BCUT2D eigenvalue weighted by Gasteiger charge is 2.10. The van der Waals surface area contributed by atoms with Gasteiger partial charge in [0.1, 0.15) is 0 Å². The lowest BCUT2D eigenvalue weighted by atomic mass is 10.2. The Morgan fingerprint density at radius 3 is 2.68 bits per heavy atom.